The Balaban J connectivity index is 1.79. The quantitative estimate of drug-likeness (QED) is 0.538. The molecule has 1 amide bonds. The summed E-state index contributed by atoms with van der Waals surface area (Å²) in [6, 6.07) is 10.6. The maximum atomic E-state index is 12.1. The third-order valence-electron chi connectivity index (χ3n) is 3.01. The Kier molecular flexibility index (Phi) is 7.57. The lowest BCUT2D eigenvalue weighted by molar-refractivity contribution is 0.0956. The van der Waals surface area contributed by atoms with Gasteiger partial charge in [0.15, 0.2) is 0 Å². The van der Waals surface area contributed by atoms with Gasteiger partial charge in [0.25, 0.3) is 5.91 Å². The van der Waals surface area contributed by atoms with Crippen LogP contribution < -0.4 is 5.32 Å². The first kappa shape index (κ1) is 18.9. The van der Waals surface area contributed by atoms with Crippen molar-refractivity contribution in [1.29, 1.82) is 0 Å². The van der Waals surface area contributed by atoms with Gasteiger partial charge in [-0.2, -0.15) is 11.8 Å². The molecule has 7 heteroatoms. The summed E-state index contributed by atoms with van der Waals surface area (Å²) < 4.78 is 0.815. The van der Waals surface area contributed by atoms with Crippen molar-refractivity contribution in [2.24, 2.45) is 0 Å². The second-order valence-corrected chi connectivity index (χ2v) is 7.88. The third kappa shape index (κ3) is 5.57. The second kappa shape index (κ2) is 9.19. The fourth-order valence-corrected chi connectivity index (χ4v) is 4.01. The first-order chi connectivity index (χ1) is 11.0. The lowest BCUT2D eigenvalue weighted by Gasteiger charge is -2.09. The van der Waals surface area contributed by atoms with Crippen LogP contribution in [0.3, 0.4) is 0 Å². The summed E-state index contributed by atoms with van der Waals surface area (Å²) in [6.45, 7) is 0.536. The van der Waals surface area contributed by atoms with Gasteiger partial charge in [-0.1, -0.05) is 56.8 Å². The van der Waals surface area contributed by atoms with E-state index < -0.39 is 0 Å². The molecule has 2 nitrogen and oxygen atoms in total. The Bertz CT molecular complexity index is 691. The van der Waals surface area contributed by atoms with Gasteiger partial charge in [-0.15, -0.1) is 0 Å². The zero-order valence-electron chi connectivity index (χ0n) is 11.9. The van der Waals surface area contributed by atoms with Gasteiger partial charge in [-0.3, -0.25) is 4.79 Å². The maximum absolute atomic E-state index is 12.1. The molecule has 0 aromatic heterocycles. The van der Waals surface area contributed by atoms with Crippen molar-refractivity contribution in [3.63, 3.8) is 0 Å². The number of hydrogen-bond donors (Lipinski definition) is 1. The summed E-state index contributed by atoms with van der Waals surface area (Å²) in [6.07, 6.45) is 0. The van der Waals surface area contributed by atoms with Gasteiger partial charge in [-0.05, 0) is 35.9 Å². The number of nitrogens with one attached hydrogen (secondary N) is 1. The Labute approximate surface area is 163 Å². The zero-order valence-corrected chi connectivity index (χ0v) is 16.6. The van der Waals surface area contributed by atoms with Crippen LogP contribution in [0.5, 0.6) is 0 Å². The lowest BCUT2D eigenvalue weighted by atomic mass is 10.2. The summed E-state index contributed by atoms with van der Waals surface area (Å²) in [5, 5.41) is 4.61. The van der Waals surface area contributed by atoms with E-state index in [1.165, 1.54) is 0 Å². The fraction of sp³-hybridized carbons (Fsp3) is 0.188. The van der Waals surface area contributed by atoms with E-state index in [0.29, 0.717) is 32.9 Å². The van der Waals surface area contributed by atoms with E-state index in [-0.39, 0.29) is 5.91 Å². The predicted octanol–water partition coefficient (Wildman–Crippen LogP) is 6.07. The molecule has 0 spiro atoms. The zero-order chi connectivity index (χ0) is 16.8. The highest BCUT2D eigenvalue weighted by atomic mass is 79.9. The van der Waals surface area contributed by atoms with E-state index in [2.05, 4.69) is 21.2 Å². The number of halogens is 4. The summed E-state index contributed by atoms with van der Waals surface area (Å²) >= 11 is 23.2. The molecule has 0 saturated carbocycles. The van der Waals surface area contributed by atoms with Gasteiger partial charge in [0.05, 0.1) is 10.6 Å². The highest BCUT2D eigenvalue weighted by molar-refractivity contribution is 9.10. The molecule has 0 aliphatic heterocycles. The molecule has 0 atom stereocenters. The summed E-state index contributed by atoms with van der Waals surface area (Å²) in [7, 11) is 0. The molecule has 23 heavy (non-hydrogen) atoms. The number of hydrogen-bond acceptors (Lipinski definition) is 2. The molecule has 122 valence electrons. The highest BCUT2D eigenvalue weighted by Crippen LogP contribution is 2.28. The Morgan fingerprint density at radius 1 is 1.09 bits per heavy atom. The van der Waals surface area contributed by atoms with Crippen molar-refractivity contribution in [1.82, 2.24) is 5.32 Å². The SMILES string of the molecule is O=C(NCCSCc1c(Cl)cccc1Cl)c1cc(Br)ccc1Cl. The molecule has 1 N–H and O–H groups in total. The standard InChI is InChI=1S/C16H13BrCl3NOS/c17-10-4-5-15(20)11(8-10)16(22)21-6-7-23-9-12-13(18)2-1-3-14(12)19/h1-5,8H,6-7,9H2,(H,21,22). The molecule has 2 rings (SSSR count). The molecule has 2 aromatic rings. The van der Waals surface area contributed by atoms with Crippen molar-refractivity contribution in [3.8, 4) is 0 Å². The number of benzene rings is 2. The van der Waals surface area contributed by atoms with Crippen LogP contribution in [0.25, 0.3) is 0 Å². The molecule has 0 aliphatic carbocycles. The van der Waals surface area contributed by atoms with E-state index in [1.54, 1.807) is 30.0 Å². The minimum atomic E-state index is -0.187. The van der Waals surface area contributed by atoms with E-state index >= 15 is 0 Å². The molecule has 0 bridgehead atoms. The predicted molar refractivity (Wildman–Crippen MR) is 104 cm³/mol. The normalized spacial score (nSPS) is 10.6. The minimum Gasteiger partial charge on any atom is -0.351 e. The van der Waals surface area contributed by atoms with Gasteiger partial charge in [-0.25, -0.2) is 0 Å². The van der Waals surface area contributed by atoms with Gasteiger partial charge < -0.3 is 5.32 Å². The second-order valence-electron chi connectivity index (χ2n) is 4.63. The van der Waals surface area contributed by atoms with Crippen molar-refractivity contribution in [2.45, 2.75) is 5.75 Å². The van der Waals surface area contributed by atoms with Crippen LogP contribution in [-0.4, -0.2) is 18.2 Å². The number of rotatable bonds is 6. The van der Waals surface area contributed by atoms with Crippen molar-refractivity contribution in [3.05, 3.63) is 67.1 Å². The number of amides is 1. The molecule has 0 unspecified atom stereocenters. The third-order valence-corrected chi connectivity index (χ3v) is 5.53. The van der Waals surface area contributed by atoms with Crippen LogP contribution in [0.1, 0.15) is 15.9 Å². The largest absolute Gasteiger partial charge is 0.351 e. The maximum Gasteiger partial charge on any atom is 0.252 e. The highest BCUT2D eigenvalue weighted by Gasteiger charge is 2.10. The minimum absolute atomic E-state index is 0.187. The number of carbonyl (C=O) groups is 1. The van der Waals surface area contributed by atoms with Gasteiger partial charge in [0, 0.05) is 32.6 Å². The fourth-order valence-electron chi connectivity index (χ4n) is 1.85. The average molecular weight is 454 g/mol. The monoisotopic (exact) mass is 451 g/mol. The number of thioether (sulfide) groups is 1. The van der Waals surface area contributed by atoms with E-state index in [1.807, 2.05) is 18.2 Å². The van der Waals surface area contributed by atoms with Crippen LogP contribution >= 0.6 is 62.5 Å². The van der Waals surface area contributed by atoms with Gasteiger partial charge in [0.2, 0.25) is 0 Å². The molecular weight excluding hydrogens is 441 g/mol. The molecule has 0 saturated heterocycles. The van der Waals surface area contributed by atoms with Crippen LogP contribution in [0, 0.1) is 0 Å². The molecular formula is C16H13BrCl3NOS. The summed E-state index contributed by atoms with van der Waals surface area (Å²) in [5.74, 6) is 1.26. The summed E-state index contributed by atoms with van der Waals surface area (Å²) in [4.78, 5) is 12.1. The average Bonchev–Trinajstić information content (AvgIpc) is 2.51. The first-order valence-electron chi connectivity index (χ1n) is 6.73. The van der Waals surface area contributed by atoms with Gasteiger partial charge >= 0.3 is 0 Å². The van der Waals surface area contributed by atoms with Crippen LogP contribution in [0.2, 0.25) is 15.1 Å². The van der Waals surface area contributed by atoms with Crippen molar-refractivity contribution in [2.75, 3.05) is 12.3 Å². The molecule has 2 aromatic carbocycles. The van der Waals surface area contributed by atoms with Crippen LogP contribution in [0.4, 0.5) is 0 Å². The molecule has 0 fully saturated rings. The number of carbonyl (C=O) groups excluding carboxylic acids is 1. The van der Waals surface area contributed by atoms with Crippen molar-refractivity contribution >= 4 is 68.4 Å². The topological polar surface area (TPSA) is 29.1 Å². The smallest absolute Gasteiger partial charge is 0.252 e. The van der Waals surface area contributed by atoms with E-state index in [0.717, 1.165) is 15.8 Å². The molecule has 0 radical (unpaired) electrons. The van der Waals surface area contributed by atoms with Crippen LogP contribution in [0.15, 0.2) is 40.9 Å². The Morgan fingerprint density at radius 3 is 2.48 bits per heavy atom. The van der Waals surface area contributed by atoms with Crippen molar-refractivity contribution < 1.29 is 4.79 Å². The van der Waals surface area contributed by atoms with E-state index in [9.17, 15) is 4.79 Å². The summed E-state index contributed by atoms with van der Waals surface area (Å²) in [5.41, 5.74) is 1.38. The Morgan fingerprint density at radius 2 is 1.78 bits per heavy atom. The molecule has 0 aliphatic rings. The van der Waals surface area contributed by atoms with E-state index in [4.69, 9.17) is 34.8 Å². The Hall–Kier alpha value is -0.390. The molecule has 0 heterocycles. The first-order valence-corrected chi connectivity index (χ1v) is 9.81. The van der Waals surface area contributed by atoms with Gasteiger partial charge in [0.1, 0.15) is 0 Å². The van der Waals surface area contributed by atoms with Crippen LogP contribution in [-0.2, 0) is 5.75 Å². The lowest BCUT2D eigenvalue weighted by Crippen LogP contribution is -2.26.